The molecule has 8 nitrogen and oxygen atoms in total. The summed E-state index contributed by atoms with van der Waals surface area (Å²) in [7, 11) is 4.67. The van der Waals surface area contributed by atoms with Crippen molar-refractivity contribution in [1.82, 2.24) is 9.13 Å². The predicted octanol–water partition coefficient (Wildman–Crippen LogP) is 3.15. The summed E-state index contributed by atoms with van der Waals surface area (Å²) in [6.45, 7) is 1.78. The van der Waals surface area contributed by atoms with Gasteiger partial charge in [-0.25, -0.2) is 9.59 Å². The van der Waals surface area contributed by atoms with E-state index in [1.807, 2.05) is 30.3 Å². The third-order valence-corrected chi connectivity index (χ3v) is 4.39. The van der Waals surface area contributed by atoms with Gasteiger partial charge in [-0.05, 0) is 31.2 Å². The molecular formula is C20H22N4O4. The minimum absolute atomic E-state index is 0.249. The first-order valence-corrected chi connectivity index (χ1v) is 8.60. The Hall–Kier alpha value is -3.68. The second kappa shape index (κ2) is 7.91. The fourth-order valence-electron chi connectivity index (χ4n) is 2.96. The van der Waals surface area contributed by atoms with Crippen LogP contribution in [0.2, 0.25) is 0 Å². The summed E-state index contributed by atoms with van der Waals surface area (Å²) in [5.41, 5.74) is 1.58. The smallest absolute Gasteiger partial charge is 0.334 e. The molecule has 0 fully saturated rings. The second-order valence-electron chi connectivity index (χ2n) is 6.09. The van der Waals surface area contributed by atoms with Gasteiger partial charge in [-0.15, -0.1) is 0 Å². The molecule has 0 atom stereocenters. The first kappa shape index (κ1) is 19.1. The van der Waals surface area contributed by atoms with E-state index in [-0.39, 0.29) is 5.69 Å². The number of nitrogens with zero attached hydrogens (tertiary/aromatic N) is 2. The molecule has 0 saturated heterocycles. The van der Waals surface area contributed by atoms with E-state index >= 15 is 0 Å². The average Bonchev–Trinajstić information content (AvgIpc) is 2.92. The molecule has 0 aliphatic carbocycles. The number of amides is 2. The fraction of sp³-hybridized carbons (Fsp3) is 0.200. The van der Waals surface area contributed by atoms with Crippen molar-refractivity contribution in [3.8, 4) is 17.2 Å². The van der Waals surface area contributed by atoms with Crippen molar-refractivity contribution in [3.05, 3.63) is 64.7 Å². The number of benzene rings is 2. The monoisotopic (exact) mass is 382 g/mol. The van der Waals surface area contributed by atoms with Crippen molar-refractivity contribution in [3.63, 3.8) is 0 Å². The van der Waals surface area contributed by atoms with Crippen LogP contribution < -0.4 is 25.8 Å². The minimum Gasteiger partial charge on any atom is -0.497 e. The highest BCUT2D eigenvalue weighted by molar-refractivity contribution is 6.00. The van der Waals surface area contributed by atoms with Gasteiger partial charge in [0.15, 0.2) is 0 Å². The van der Waals surface area contributed by atoms with Crippen LogP contribution in [0, 0.1) is 6.92 Å². The first-order valence-electron chi connectivity index (χ1n) is 8.60. The Morgan fingerprint density at radius 2 is 1.71 bits per heavy atom. The Balaban J connectivity index is 1.87. The van der Waals surface area contributed by atoms with Crippen molar-refractivity contribution < 1.29 is 14.3 Å². The van der Waals surface area contributed by atoms with E-state index < -0.39 is 6.03 Å². The Kier molecular flexibility index (Phi) is 5.39. The zero-order chi connectivity index (χ0) is 20.3. The van der Waals surface area contributed by atoms with E-state index in [9.17, 15) is 9.59 Å². The number of carbonyl (C=O) groups excluding carboxylic acids is 1. The maximum Gasteiger partial charge on any atom is 0.334 e. The molecule has 28 heavy (non-hydrogen) atoms. The number of carbonyl (C=O) groups is 1. The van der Waals surface area contributed by atoms with Crippen LogP contribution in [-0.2, 0) is 7.05 Å². The molecule has 0 bridgehead atoms. The number of imidazole rings is 1. The quantitative estimate of drug-likeness (QED) is 0.710. The minimum atomic E-state index is -0.493. The van der Waals surface area contributed by atoms with Crippen molar-refractivity contribution in [2.75, 3.05) is 24.9 Å². The number of nitrogens with one attached hydrogen (secondary N) is 2. The summed E-state index contributed by atoms with van der Waals surface area (Å²) in [4.78, 5) is 25.2. The van der Waals surface area contributed by atoms with Crippen LogP contribution in [0.5, 0.6) is 11.5 Å². The van der Waals surface area contributed by atoms with E-state index in [2.05, 4.69) is 10.6 Å². The van der Waals surface area contributed by atoms with Crippen molar-refractivity contribution >= 4 is 17.5 Å². The summed E-state index contributed by atoms with van der Waals surface area (Å²) < 4.78 is 13.4. The summed E-state index contributed by atoms with van der Waals surface area (Å²) in [5, 5.41) is 5.47. The van der Waals surface area contributed by atoms with Crippen LogP contribution in [0.4, 0.5) is 16.3 Å². The molecule has 3 rings (SSSR count). The Morgan fingerprint density at radius 1 is 1.00 bits per heavy atom. The number of urea groups is 1. The standard InChI is InChI=1S/C20H22N4O4/c1-13-18(23(2)20(26)24(13)14-8-6-5-7-9-14)22-19(25)21-16-11-10-15(27-3)12-17(16)28-4/h5-12H,1-4H3,(H2,21,22,25). The van der Waals surface area contributed by atoms with Crippen molar-refractivity contribution in [1.29, 1.82) is 0 Å². The molecule has 8 heteroatoms. The van der Waals surface area contributed by atoms with Crippen LogP contribution in [-0.4, -0.2) is 29.4 Å². The topological polar surface area (TPSA) is 86.5 Å². The zero-order valence-electron chi connectivity index (χ0n) is 16.1. The largest absolute Gasteiger partial charge is 0.497 e. The van der Waals surface area contributed by atoms with Crippen molar-refractivity contribution in [2.45, 2.75) is 6.92 Å². The lowest BCUT2D eigenvalue weighted by atomic mass is 10.2. The highest BCUT2D eigenvalue weighted by Crippen LogP contribution is 2.29. The van der Waals surface area contributed by atoms with Crippen molar-refractivity contribution in [2.24, 2.45) is 7.05 Å². The maximum atomic E-state index is 12.6. The number of ether oxygens (including phenoxy) is 2. The number of aromatic nitrogens is 2. The lowest BCUT2D eigenvalue weighted by molar-refractivity contribution is 0.262. The summed E-state index contributed by atoms with van der Waals surface area (Å²) >= 11 is 0. The molecule has 0 aliphatic rings. The molecule has 1 aromatic heterocycles. The molecule has 2 aromatic carbocycles. The van der Waals surface area contributed by atoms with Crippen LogP contribution in [0.3, 0.4) is 0 Å². The molecule has 146 valence electrons. The number of hydrogen-bond acceptors (Lipinski definition) is 4. The van der Waals surface area contributed by atoms with Gasteiger partial charge in [-0.2, -0.15) is 0 Å². The highest BCUT2D eigenvalue weighted by atomic mass is 16.5. The Morgan fingerprint density at radius 3 is 2.36 bits per heavy atom. The average molecular weight is 382 g/mol. The predicted molar refractivity (Wildman–Crippen MR) is 108 cm³/mol. The van der Waals surface area contributed by atoms with Crippen LogP contribution >= 0.6 is 0 Å². The number of rotatable bonds is 5. The molecule has 0 spiro atoms. The van der Waals surface area contributed by atoms with E-state index in [0.29, 0.717) is 28.7 Å². The molecule has 0 unspecified atom stereocenters. The van der Waals surface area contributed by atoms with Gasteiger partial charge in [0.2, 0.25) is 0 Å². The molecule has 0 aliphatic heterocycles. The number of methoxy groups -OCH3 is 2. The Bertz CT molecular complexity index is 1050. The summed E-state index contributed by atoms with van der Waals surface area (Å²) in [5.74, 6) is 1.47. The van der Waals surface area contributed by atoms with Gasteiger partial charge in [0, 0.05) is 13.1 Å². The molecule has 0 radical (unpaired) electrons. The number of para-hydroxylation sites is 1. The Labute approximate surface area is 162 Å². The number of anilines is 2. The van der Waals surface area contributed by atoms with Crippen LogP contribution in [0.15, 0.2) is 53.3 Å². The summed E-state index contributed by atoms with van der Waals surface area (Å²) in [6, 6.07) is 13.8. The maximum absolute atomic E-state index is 12.6. The SMILES string of the molecule is COc1ccc(NC(=O)Nc2c(C)n(-c3ccccc3)c(=O)n2C)c(OC)c1. The van der Waals surface area contributed by atoms with E-state index in [4.69, 9.17) is 9.47 Å². The van der Waals surface area contributed by atoms with Crippen LogP contribution in [0.1, 0.15) is 5.69 Å². The van der Waals surface area contributed by atoms with E-state index in [1.165, 1.54) is 11.7 Å². The third-order valence-electron chi connectivity index (χ3n) is 4.39. The van der Waals surface area contributed by atoms with Gasteiger partial charge in [-0.1, -0.05) is 18.2 Å². The van der Waals surface area contributed by atoms with Gasteiger partial charge >= 0.3 is 11.7 Å². The normalized spacial score (nSPS) is 10.4. The van der Waals surface area contributed by atoms with Gasteiger partial charge in [0.25, 0.3) is 0 Å². The fourth-order valence-corrected chi connectivity index (χ4v) is 2.96. The summed E-state index contributed by atoms with van der Waals surface area (Å²) in [6.07, 6.45) is 0. The van der Waals surface area contributed by atoms with Crippen LogP contribution in [0.25, 0.3) is 5.69 Å². The van der Waals surface area contributed by atoms with Gasteiger partial charge < -0.3 is 14.8 Å². The second-order valence-corrected chi connectivity index (χ2v) is 6.09. The molecule has 2 N–H and O–H groups in total. The highest BCUT2D eigenvalue weighted by Gasteiger charge is 2.18. The number of hydrogen-bond donors (Lipinski definition) is 2. The lowest BCUT2D eigenvalue weighted by Crippen LogP contribution is -2.24. The lowest BCUT2D eigenvalue weighted by Gasteiger charge is -2.13. The van der Waals surface area contributed by atoms with E-state index in [0.717, 1.165) is 5.69 Å². The molecule has 0 saturated carbocycles. The van der Waals surface area contributed by atoms with E-state index in [1.54, 1.807) is 43.8 Å². The molecular weight excluding hydrogens is 360 g/mol. The first-order chi connectivity index (χ1) is 13.5. The van der Waals surface area contributed by atoms with Gasteiger partial charge in [-0.3, -0.25) is 14.5 Å². The molecule has 2 amide bonds. The molecule has 1 heterocycles. The van der Waals surface area contributed by atoms with Gasteiger partial charge in [0.1, 0.15) is 17.3 Å². The molecule has 3 aromatic rings. The zero-order valence-corrected chi connectivity index (χ0v) is 16.1. The van der Waals surface area contributed by atoms with Gasteiger partial charge in [0.05, 0.1) is 31.3 Å². The third kappa shape index (κ3) is 3.57.